The Morgan fingerprint density at radius 1 is 1.27 bits per heavy atom. The molecule has 1 atom stereocenters. The molecule has 1 aliphatic carbocycles. The van der Waals surface area contributed by atoms with Crippen LogP contribution in [0, 0.1) is 5.92 Å². The maximum absolute atomic E-state index is 13.0. The lowest BCUT2D eigenvalue weighted by molar-refractivity contribution is -0.137. The second-order valence-corrected chi connectivity index (χ2v) is 9.03. The maximum atomic E-state index is 13.0. The molecule has 1 aliphatic heterocycles. The van der Waals surface area contributed by atoms with Crippen molar-refractivity contribution in [1.82, 2.24) is 9.88 Å². The van der Waals surface area contributed by atoms with Crippen molar-refractivity contribution in [1.29, 1.82) is 0 Å². The van der Waals surface area contributed by atoms with E-state index in [1.165, 1.54) is 18.9 Å². The van der Waals surface area contributed by atoms with E-state index in [1.54, 1.807) is 30.2 Å². The lowest BCUT2D eigenvalue weighted by atomic mass is 10.2. The summed E-state index contributed by atoms with van der Waals surface area (Å²) in [4.78, 5) is 33.2. The summed E-state index contributed by atoms with van der Waals surface area (Å²) in [7, 11) is 0. The van der Waals surface area contributed by atoms with E-state index in [-0.39, 0.29) is 12.1 Å². The summed E-state index contributed by atoms with van der Waals surface area (Å²) in [5.41, 5.74) is 0.182. The van der Waals surface area contributed by atoms with Gasteiger partial charge < -0.3 is 14.4 Å². The Hall–Kier alpha value is -2.41. The topological polar surface area (TPSA) is 72.0 Å². The van der Waals surface area contributed by atoms with Crippen LogP contribution in [-0.2, 0) is 14.3 Å². The van der Waals surface area contributed by atoms with Crippen molar-refractivity contribution in [3.05, 3.63) is 30.0 Å². The van der Waals surface area contributed by atoms with E-state index in [0.717, 1.165) is 37.5 Å². The van der Waals surface area contributed by atoms with Crippen LogP contribution < -0.4 is 4.90 Å². The Labute approximate surface area is 179 Å². The minimum atomic E-state index is -0.579. The van der Waals surface area contributed by atoms with Crippen molar-refractivity contribution in [2.75, 3.05) is 31.1 Å². The fourth-order valence-electron chi connectivity index (χ4n) is 3.59. The number of amides is 1. The largest absolute Gasteiger partial charge is 0.463 e. The van der Waals surface area contributed by atoms with E-state index >= 15 is 0 Å². The smallest absolute Gasteiger partial charge is 0.416 e. The third-order valence-electron chi connectivity index (χ3n) is 5.13. The molecule has 7 nitrogen and oxygen atoms in total. The fraction of sp³-hybridized carbons (Fsp3) is 0.609. The van der Waals surface area contributed by atoms with Crippen LogP contribution in [0.1, 0.15) is 52.5 Å². The molecule has 0 bridgehead atoms. The third-order valence-corrected chi connectivity index (χ3v) is 5.13. The monoisotopic (exact) mass is 415 g/mol. The quantitative estimate of drug-likeness (QED) is 0.497. The van der Waals surface area contributed by atoms with E-state index < -0.39 is 11.6 Å². The SMILES string of the molecule is CCOC(=O)/C=C/c1ccc(N(C(=O)OC(C)(C)C)[C@@H]2CCN(CC3CC3)C2)nc1. The number of carbonyl (C=O) groups is 2. The second kappa shape index (κ2) is 9.60. The number of carbonyl (C=O) groups excluding carboxylic acids is 2. The Bertz CT molecular complexity index is 766. The van der Waals surface area contributed by atoms with Crippen LogP contribution in [0.15, 0.2) is 24.4 Å². The number of esters is 1. The van der Waals surface area contributed by atoms with Crippen LogP contribution in [0.4, 0.5) is 10.6 Å². The van der Waals surface area contributed by atoms with Gasteiger partial charge >= 0.3 is 12.1 Å². The number of pyridine rings is 1. The van der Waals surface area contributed by atoms with Gasteiger partial charge in [-0.2, -0.15) is 0 Å². The summed E-state index contributed by atoms with van der Waals surface area (Å²) in [6.07, 6.45) is 7.84. The highest BCUT2D eigenvalue weighted by atomic mass is 16.6. The molecule has 1 saturated carbocycles. The molecule has 0 unspecified atom stereocenters. The van der Waals surface area contributed by atoms with Crippen molar-refractivity contribution in [2.45, 2.75) is 58.6 Å². The fourth-order valence-corrected chi connectivity index (χ4v) is 3.59. The zero-order valence-electron chi connectivity index (χ0n) is 18.5. The molecule has 1 amide bonds. The van der Waals surface area contributed by atoms with E-state index in [2.05, 4.69) is 9.88 Å². The molecule has 1 saturated heterocycles. The van der Waals surface area contributed by atoms with Gasteiger partial charge in [-0.25, -0.2) is 14.6 Å². The zero-order chi connectivity index (χ0) is 21.7. The van der Waals surface area contributed by atoms with Gasteiger partial charge in [0.1, 0.15) is 11.4 Å². The molecule has 0 spiro atoms. The number of aromatic nitrogens is 1. The van der Waals surface area contributed by atoms with Gasteiger partial charge in [-0.3, -0.25) is 4.90 Å². The van der Waals surface area contributed by atoms with Crippen LogP contribution in [0.25, 0.3) is 6.08 Å². The maximum Gasteiger partial charge on any atom is 0.416 e. The number of hydrogen-bond donors (Lipinski definition) is 0. The van der Waals surface area contributed by atoms with Crippen molar-refractivity contribution < 1.29 is 19.1 Å². The Morgan fingerprint density at radius 3 is 2.63 bits per heavy atom. The zero-order valence-corrected chi connectivity index (χ0v) is 18.5. The lowest BCUT2D eigenvalue weighted by Gasteiger charge is -2.31. The second-order valence-electron chi connectivity index (χ2n) is 9.03. The molecule has 0 radical (unpaired) electrons. The summed E-state index contributed by atoms with van der Waals surface area (Å²) < 4.78 is 10.6. The van der Waals surface area contributed by atoms with Crippen molar-refractivity contribution in [3.8, 4) is 0 Å². The van der Waals surface area contributed by atoms with Gasteiger partial charge in [0, 0.05) is 31.9 Å². The molecule has 0 aromatic carbocycles. The van der Waals surface area contributed by atoms with E-state index in [4.69, 9.17) is 9.47 Å². The van der Waals surface area contributed by atoms with Crippen LogP contribution >= 0.6 is 0 Å². The molecule has 1 aromatic rings. The molecular weight excluding hydrogens is 382 g/mol. The molecular formula is C23H33N3O4. The van der Waals surface area contributed by atoms with E-state index in [9.17, 15) is 9.59 Å². The van der Waals surface area contributed by atoms with Gasteiger partial charge in [0.05, 0.1) is 12.6 Å². The van der Waals surface area contributed by atoms with E-state index in [1.807, 2.05) is 26.8 Å². The van der Waals surface area contributed by atoms with Crippen LogP contribution in [-0.4, -0.2) is 59.8 Å². The highest BCUT2D eigenvalue weighted by molar-refractivity contribution is 5.88. The first kappa shape index (κ1) is 22.3. The van der Waals surface area contributed by atoms with Crippen LogP contribution in [0.2, 0.25) is 0 Å². The average molecular weight is 416 g/mol. The lowest BCUT2D eigenvalue weighted by Crippen LogP contribution is -2.45. The van der Waals surface area contributed by atoms with Crippen molar-refractivity contribution in [3.63, 3.8) is 0 Å². The molecule has 2 heterocycles. The Balaban J connectivity index is 1.74. The predicted octanol–water partition coefficient (Wildman–Crippen LogP) is 3.88. The minimum Gasteiger partial charge on any atom is -0.463 e. The number of hydrogen-bond acceptors (Lipinski definition) is 6. The van der Waals surface area contributed by atoms with Gasteiger partial charge in [-0.1, -0.05) is 0 Å². The van der Waals surface area contributed by atoms with Gasteiger partial charge in [-0.05, 0) is 76.6 Å². The number of likely N-dealkylation sites (tertiary alicyclic amines) is 1. The molecule has 0 N–H and O–H groups in total. The molecule has 164 valence electrons. The summed E-state index contributed by atoms with van der Waals surface area (Å²) in [6, 6.07) is 3.68. The minimum absolute atomic E-state index is 0.0343. The highest BCUT2D eigenvalue weighted by Crippen LogP contribution is 2.32. The standard InChI is InChI=1S/C23H33N3O4/c1-5-29-21(27)11-9-17-8-10-20(24-14-17)26(22(28)30-23(2,3)4)19-12-13-25(16-19)15-18-6-7-18/h8-11,14,18-19H,5-7,12-13,15-16H2,1-4H3/b11-9+/t19-/m1/s1. The highest BCUT2D eigenvalue weighted by Gasteiger charge is 2.36. The van der Waals surface area contributed by atoms with Gasteiger partial charge in [-0.15, -0.1) is 0 Å². The summed E-state index contributed by atoms with van der Waals surface area (Å²) in [5.74, 6) is 0.997. The molecule has 3 rings (SSSR count). The van der Waals surface area contributed by atoms with Gasteiger partial charge in [0.2, 0.25) is 0 Å². The number of rotatable bonds is 7. The number of nitrogens with zero attached hydrogens (tertiary/aromatic N) is 3. The normalized spacial score (nSPS) is 19.8. The van der Waals surface area contributed by atoms with Gasteiger partial charge in [0.25, 0.3) is 0 Å². The Kier molecular flexibility index (Phi) is 7.13. The van der Waals surface area contributed by atoms with Crippen LogP contribution in [0.5, 0.6) is 0 Å². The Morgan fingerprint density at radius 2 is 2.03 bits per heavy atom. The first-order valence-corrected chi connectivity index (χ1v) is 10.8. The predicted molar refractivity (Wildman–Crippen MR) is 116 cm³/mol. The van der Waals surface area contributed by atoms with Crippen molar-refractivity contribution >= 4 is 24.0 Å². The molecule has 1 aromatic heterocycles. The molecule has 2 aliphatic rings. The number of anilines is 1. The average Bonchev–Trinajstić information content (AvgIpc) is 3.37. The molecule has 2 fully saturated rings. The summed E-state index contributed by atoms with van der Waals surface area (Å²) >= 11 is 0. The first-order chi connectivity index (χ1) is 14.2. The molecule has 30 heavy (non-hydrogen) atoms. The summed E-state index contributed by atoms with van der Waals surface area (Å²) in [6.45, 7) is 10.6. The third kappa shape index (κ3) is 6.55. The van der Waals surface area contributed by atoms with E-state index in [0.29, 0.717) is 12.4 Å². The molecule has 7 heteroatoms. The van der Waals surface area contributed by atoms with Crippen molar-refractivity contribution in [2.24, 2.45) is 5.92 Å². The first-order valence-electron chi connectivity index (χ1n) is 10.8. The van der Waals surface area contributed by atoms with Crippen LogP contribution in [0.3, 0.4) is 0 Å². The summed E-state index contributed by atoms with van der Waals surface area (Å²) in [5, 5.41) is 0. The number of ether oxygens (including phenoxy) is 2. The van der Waals surface area contributed by atoms with Gasteiger partial charge in [0.15, 0.2) is 0 Å².